The molecule has 2 atom stereocenters. The summed E-state index contributed by atoms with van der Waals surface area (Å²) in [6.07, 6.45) is 5.72. The van der Waals surface area contributed by atoms with Crippen molar-refractivity contribution in [3.05, 3.63) is 36.7 Å². The normalized spacial score (nSPS) is 17.3. The van der Waals surface area contributed by atoms with Crippen molar-refractivity contribution < 1.29 is 18.5 Å². The first-order valence-corrected chi connectivity index (χ1v) is 10.2. The molecule has 1 N–H and O–H groups in total. The quantitative estimate of drug-likeness (QED) is 0.503. The Kier molecular flexibility index (Phi) is 4.52. The van der Waals surface area contributed by atoms with Crippen LogP contribution in [-0.4, -0.2) is 38.4 Å². The third-order valence-electron chi connectivity index (χ3n) is 4.73. The summed E-state index contributed by atoms with van der Waals surface area (Å²) in [4.78, 5) is 20.1. The molecule has 4 aromatic heterocycles. The topological polar surface area (TPSA) is 104 Å². The molecule has 0 aromatic carbocycles. The Morgan fingerprint density at radius 1 is 1.31 bits per heavy atom. The Balaban J connectivity index is 1.44. The molecular formula is C19H18N5O4P. The fraction of sp³-hybridized carbons (Fsp3) is 0.263. The van der Waals surface area contributed by atoms with Crippen molar-refractivity contribution in [1.82, 2.24) is 24.9 Å². The molecule has 0 saturated carbocycles. The number of nitrogens with one attached hydrogen (secondary N) is 1. The van der Waals surface area contributed by atoms with Crippen LogP contribution in [0.2, 0.25) is 0 Å². The fourth-order valence-corrected chi connectivity index (χ4v) is 4.25. The van der Waals surface area contributed by atoms with Crippen LogP contribution in [0.3, 0.4) is 0 Å². The number of furan rings is 1. The van der Waals surface area contributed by atoms with Crippen LogP contribution in [0.1, 0.15) is 19.3 Å². The first kappa shape index (κ1) is 17.9. The third-order valence-corrected chi connectivity index (χ3v) is 5.77. The van der Waals surface area contributed by atoms with E-state index in [0.717, 1.165) is 18.2 Å². The van der Waals surface area contributed by atoms with Gasteiger partial charge in [0.25, 0.3) is 0 Å². The van der Waals surface area contributed by atoms with Crippen LogP contribution in [0, 0.1) is 0 Å². The summed E-state index contributed by atoms with van der Waals surface area (Å²) in [5, 5.41) is 8.28. The monoisotopic (exact) mass is 411 g/mol. The van der Waals surface area contributed by atoms with Gasteiger partial charge in [-0.1, -0.05) is 0 Å². The van der Waals surface area contributed by atoms with Crippen LogP contribution < -0.4 is 14.6 Å². The van der Waals surface area contributed by atoms with Crippen molar-refractivity contribution in [3.63, 3.8) is 0 Å². The molecule has 5 rings (SSSR count). The molecule has 2 unspecified atom stereocenters. The number of nitrogens with zero attached hydrogens (tertiary/aromatic N) is 4. The number of pyridine rings is 1. The van der Waals surface area contributed by atoms with Crippen molar-refractivity contribution in [2.24, 2.45) is 0 Å². The van der Waals surface area contributed by atoms with E-state index in [1.807, 2.05) is 12.1 Å². The number of amides is 1. The van der Waals surface area contributed by atoms with Gasteiger partial charge in [0.2, 0.25) is 17.7 Å². The second-order valence-electron chi connectivity index (χ2n) is 6.66. The van der Waals surface area contributed by atoms with E-state index in [1.54, 1.807) is 36.2 Å². The predicted molar refractivity (Wildman–Crippen MR) is 107 cm³/mol. The minimum Gasteiger partial charge on any atom is -0.480 e. The van der Waals surface area contributed by atoms with Gasteiger partial charge in [-0.3, -0.25) is 4.79 Å². The molecule has 0 bridgehead atoms. The number of imidazole rings is 1. The number of hydrogen-bond acceptors (Lipinski definition) is 7. The fourth-order valence-electron chi connectivity index (χ4n) is 3.33. The largest absolute Gasteiger partial charge is 0.480 e. The standard InChI is InChI=1S/C19H18N5O4P/c1-26-19-11-9-14(27-13(11)7-8-20-19)12-10-21-15-5-6-17(23-24(12)15)28-29-18-4-2-3-16(25)22-18/h5-10,18,29H,2-4H2,1H3,(H,22,25). The van der Waals surface area contributed by atoms with E-state index < -0.39 is 0 Å². The zero-order valence-electron chi connectivity index (χ0n) is 15.6. The minimum absolute atomic E-state index is 0.0337. The van der Waals surface area contributed by atoms with Crippen molar-refractivity contribution in [3.8, 4) is 23.2 Å². The van der Waals surface area contributed by atoms with E-state index in [4.69, 9.17) is 13.7 Å². The molecule has 9 nitrogen and oxygen atoms in total. The Hall–Kier alpha value is -3.19. The zero-order chi connectivity index (χ0) is 19.8. The molecule has 10 heteroatoms. The molecule has 0 spiro atoms. The molecule has 1 amide bonds. The van der Waals surface area contributed by atoms with Gasteiger partial charge in [0, 0.05) is 24.8 Å². The molecule has 0 aliphatic carbocycles. The Morgan fingerprint density at radius 3 is 3.10 bits per heavy atom. The van der Waals surface area contributed by atoms with E-state index in [2.05, 4.69) is 20.4 Å². The lowest BCUT2D eigenvalue weighted by atomic mass is 10.2. The molecular weight excluding hydrogens is 393 g/mol. The smallest absolute Gasteiger partial charge is 0.234 e. The number of ether oxygens (including phenoxy) is 1. The van der Waals surface area contributed by atoms with Crippen molar-refractivity contribution in [1.29, 1.82) is 0 Å². The number of hydrogen-bond donors (Lipinski definition) is 1. The lowest BCUT2D eigenvalue weighted by Crippen LogP contribution is -2.36. The predicted octanol–water partition coefficient (Wildman–Crippen LogP) is 3.14. The molecule has 5 heterocycles. The van der Waals surface area contributed by atoms with Crippen LogP contribution in [0.4, 0.5) is 0 Å². The Bertz CT molecular complexity index is 1200. The molecule has 29 heavy (non-hydrogen) atoms. The summed E-state index contributed by atoms with van der Waals surface area (Å²) in [6.45, 7) is 0. The lowest BCUT2D eigenvalue weighted by molar-refractivity contribution is -0.122. The molecule has 1 aliphatic rings. The molecule has 1 saturated heterocycles. The summed E-state index contributed by atoms with van der Waals surface area (Å²) < 4.78 is 18.8. The van der Waals surface area contributed by atoms with E-state index in [-0.39, 0.29) is 20.5 Å². The van der Waals surface area contributed by atoms with Crippen LogP contribution >= 0.6 is 8.81 Å². The maximum absolute atomic E-state index is 11.5. The van der Waals surface area contributed by atoms with Crippen molar-refractivity contribution in [2.75, 3.05) is 7.11 Å². The average Bonchev–Trinajstić information content (AvgIpc) is 3.35. The maximum atomic E-state index is 11.5. The van der Waals surface area contributed by atoms with Gasteiger partial charge in [0.05, 0.1) is 33.3 Å². The van der Waals surface area contributed by atoms with Crippen LogP contribution in [-0.2, 0) is 4.79 Å². The highest BCUT2D eigenvalue weighted by atomic mass is 31.1. The van der Waals surface area contributed by atoms with E-state index >= 15 is 0 Å². The summed E-state index contributed by atoms with van der Waals surface area (Å²) >= 11 is 0. The van der Waals surface area contributed by atoms with Gasteiger partial charge in [-0.05, 0) is 25.0 Å². The SMILES string of the molecule is COc1nccc2oc(-c3cnc4ccc(OPC5CCCC(=O)N5)nn34)cc12. The molecule has 4 aromatic rings. The second kappa shape index (κ2) is 7.33. The van der Waals surface area contributed by atoms with Gasteiger partial charge >= 0.3 is 0 Å². The van der Waals surface area contributed by atoms with Gasteiger partial charge in [0.15, 0.2) is 11.4 Å². The van der Waals surface area contributed by atoms with Gasteiger partial charge in [0.1, 0.15) is 11.3 Å². The second-order valence-corrected chi connectivity index (χ2v) is 7.80. The number of fused-ring (bicyclic) bond motifs is 2. The zero-order valence-corrected chi connectivity index (χ0v) is 16.6. The number of methoxy groups -OCH3 is 1. The number of aromatic nitrogens is 4. The van der Waals surface area contributed by atoms with Crippen LogP contribution in [0.15, 0.2) is 41.1 Å². The number of rotatable bonds is 5. The lowest BCUT2D eigenvalue weighted by Gasteiger charge is -2.22. The molecule has 1 aliphatic heterocycles. The molecule has 148 valence electrons. The first-order chi connectivity index (χ1) is 14.2. The van der Waals surface area contributed by atoms with E-state index in [9.17, 15) is 4.79 Å². The number of carbonyl (C=O) groups excluding carboxylic acids is 1. The summed E-state index contributed by atoms with van der Waals surface area (Å²) in [5.41, 5.74) is 2.04. The highest BCUT2D eigenvalue weighted by Crippen LogP contribution is 2.33. The van der Waals surface area contributed by atoms with Gasteiger partial charge < -0.3 is 19.0 Å². The van der Waals surface area contributed by atoms with Crippen LogP contribution in [0.5, 0.6) is 11.8 Å². The Labute approximate surface area is 167 Å². The summed E-state index contributed by atoms with van der Waals surface area (Å²) in [5.74, 6) is 1.67. The average molecular weight is 411 g/mol. The highest BCUT2D eigenvalue weighted by Gasteiger charge is 2.20. The number of carbonyl (C=O) groups is 1. The molecule has 1 fully saturated rings. The van der Waals surface area contributed by atoms with Gasteiger partial charge in [-0.2, -0.15) is 0 Å². The van der Waals surface area contributed by atoms with E-state index in [0.29, 0.717) is 40.9 Å². The highest BCUT2D eigenvalue weighted by molar-refractivity contribution is 7.33. The van der Waals surface area contributed by atoms with Crippen molar-refractivity contribution in [2.45, 2.75) is 25.0 Å². The number of piperidine rings is 1. The van der Waals surface area contributed by atoms with Crippen molar-refractivity contribution >= 4 is 31.3 Å². The van der Waals surface area contributed by atoms with Gasteiger partial charge in [-0.15, -0.1) is 5.10 Å². The molecule has 0 radical (unpaired) electrons. The Morgan fingerprint density at radius 2 is 2.24 bits per heavy atom. The van der Waals surface area contributed by atoms with Gasteiger partial charge in [-0.25, -0.2) is 14.5 Å². The van der Waals surface area contributed by atoms with E-state index in [1.165, 1.54) is 0 Å². The first-order valence-electron chi connectivity index (χ1n) is 9.21. The maximum Gasteiger partial charge on any atom is 0.234 e. The third kappa shape index (κ3) is 3.38. The van der Waals surface area contributed by atoms with Crippen LogP contribution in [0.25, 0.3) is 28.1 Å². The minimum atomic E-state index is 0.0337. The summed E-state index contributed by atoms with van der Waals surface area (Å²) in [7, 11) is 1.68. The summed E-state index contributed by atoms with van der Waals surface area (Å²) in [6, 6.07) is 7.25.